The van der Waals surface area contributed by atoms with E-state index in [9.17, 15) is 14.2 Å². The highest BCUT2D eigenvalue weighted by atomic mass is 31.2. The third-order valence-electron chi connectivity index (χ3n) is 1.96. The van der Waals surface area contributed by atoms with Gasteiger partial charge in [-0.25, -0.2) is 9.36 Å². The van der Waals surface area contributed by atoms with Gasteiger partial charge in [-0.15, -0.1) is 0 Å². The molecule has 1 aromatic rings. The quantitative estimate of drug-likeness (QED) is 0.470. The van der Waals surface area contributed by atoms with Gasteiger partial charge in [-0.3, -0.25) is 14.3 Å². The molecule has 10 heteroatoms. The summed E-state index contributed by atoms with van der Waals surface area (Å²) in [6.07, 6.45) is -1.06. The minimum atomic E-state index is -4.38. The van der Waals surface area contributed by atoms with E-state index in [0.717, 1.165) is 4.57 Å². The highest BCUT2D eigenvalue weighted by Gasteiger charge is 2.20. The molecule has 1 heterocycles. The Bertz CT molecular complexity index is 572. The number of ether oxygens (including phenoxy) is 2. The SMILES string of the molecule is COC(OCP(=O)(O)O)n1cc(C)c(=O)[nH]c1=O. The van der Waals surface area contributed by atoms with Crippen molar-refractivity contribution in [1.29, 1.82) is 0 Å². The molecule has 0 aliphatic heterocycles. The van der Waals surface area contributed by atoms with Crippen LogP contribution in [0.15, 0.2) is 15.8 Å². The summed E-state index contributed by atoms with van der Waals surface area (Å²) >= 11 is 0. The molecular formula is C8H13N2O7P. The van der Waals surface area contributed by atoms with Crippen LogP contribution in [0, 0.1) is 6.92 Å². The molecule has 0 aliphatic carbocycles. The van der Waals surface area contributed by atoms with Gasteiger partial charge in [0.2, 0.25) is 6.41 Å². The molecule has 9 nitrogen and oxygen atoms in total. The van der Waals surface area contributed by atoms with Gasteiger partial charge < -0.3 is 19.3 Å². The maximum atomic E-state index is 11.5. The van der Waals surface area contributed by atoms with Gasteiger partial charge in [0.05, 0.1) is 0 Å². The molecule has 0 saturated carbocycles. The fourth-order valence-corrected chi connectivity index (χ4v) is 1.49. The Morgan fingerprint density at radius 2 is 2.11 bits per heavy atom. The summed E-state index contributed by atoms with van der Waals surface area (Å²) in [5, 5.41) is 0. The molecule has 0 fully saturated rings. The van der Waals surface area contributed by atoms with Crippen LogP contribution >= 0.6 is 7.60 Å². The third-order valence-corrected chi connectivity index (χ3v) is 2.45. The Morgan fingerprint density at radius 3 is 2.61 bits per heavy atom. The Morgan fingerprint density at radius 1 is 1.50 bits per heavy atom. The number of nitrogens with one attached hydrogen (secondary N) is 1. The maximum Gasteiger partial charge on any atom is 0.351 e. The first-order valence-electron chi connectivity index (χ1n) is 4.75. The number of hydrogen-bond donors (Lipinski definition) is 3. The van der Waals surface area contributed by atoms with Gasteiger partial charge in [-0.05, 0) is 6.92 Å². The summed E-state index contributed by atoms with van der Waals surface area (Å²) in [4.78, 5) is 42.0. The van der Waals surface area contributed by atoms with E-state index in [2.05, 4.69) is 0 Å². The van der Waals surface area contributed by atoms with Crippen LogP contribution in [-0.4, -0.2) is 32.8 Å². The van der Waals surface area contributed by atoms with Gasteiger partial charge in [-0.1, -0.05) is 0 Å². The topological polar surface area (TPSA) is 131 Å². The first kappa shape index (κ1) is 14.8. The van der Waals surface area contributed by atoms with Crippen molar-refractivity contribution >= 4 is 7.60 Å². The molecule has 1 rings (SSSR count). The van der Waals surface area contributed by atoms with Crippen molar-refractivity contribution in [1.82, 2.24) is 9.55 Å². The molecule has 0 spiro atoms. The van der Waals surface area contributed by atoms with Gasteiger partial charge in [-0.2, -0.15) is 0 Å². The van der Waals surface area contributed by atoms with Crippen molar-refractivity contribution < 1.29 is 23.8 Å². The van der Waals surface area contributed by atoms with Crippen LogP contribution in [0.5, 0.6) is 0 Å². The summed E-state index contributed by atoms with van der Waals surface area (Å²) < 4.78 is 21.1. The largest absolute Gasteiger partial charge is 0.351 e. The van der Waals surface area contributed by atoms with Crippen LogP contribution in [0.4, 0.5) is 0 Å². The van der Waals surface area contributed by atoms with Gasteiger partial charge in [0, 0.05) is 18.9 Å². The molecule has 0 aromatic carbocycles. The number of aromatic nitrogens is 2. The normalized spacial score (nSPS) is 13.6. The second-order valence-corrected chi connectivity index (χ2v) is 5.07. The Kier molecular flexibility index (Phi) is 4.60. The second kappa shape index (κ2) is 5.59. The number of methoxy groups -OCH3 is 1. The molecule has 1 unspecified atom stereocenters. The molecule has 0 bridgehead atoms. The first-order valence-corrected chi connectivity index (χ1v) is 6.55. The number of nitrogens with zero attached hydrogens (tertiary/aromatic N) is 1. The van der Waals surface area contributed by atoms with Gasteiger partial charge in [0.15, 0.2) is 6.35 Å². The van der Waals surface area contributed by atoms with Crippen molar-refractivity contribution in [3.05, 3.63) is 32.6 Å². The molecular weight excluding hydrogens is 267 g/mol. The smallest absolute Gasteiger partial charge is 0.338 e. The lowest BCUT2D eigenvalue weighted by Crippen LogP contribution is -2.35. The van der Waals surface area contributed by atoms with Gasteiger partial charge in [0.25, 0.3) is 5.56 Å². The van der Waals surface area contributed by atoms with Crippen molar-refractivity contribution in [2.45, 2.75) is 13.3 Å². The van der Waals surface area contributed by atoms with Crippen LogP contribution in [0.25, 0.3) is 0 Å². The van der Waals surface area contributed by atoms with E-state index in [0.29, 0.717) is 0 Å². The van der Waals surface area contributed by atoms with Crippen LogP contribution in [0.2, 0.25) is 0 Å². The number of hydrogen-bond acceptors (Lipinski definition) is 5. The number of H-pyrrole nitrogens is 1. The van der Waals surface area contributed by atoms with Crippen LogP contribution in [0.1, 0.15) is 12.0 Å². The Balaban J connectivity index is 3.03. The second-order valence-electron chi connectivity index (χ2n) is 3.48. The van der Waals surface area contributed by atoms with E-state index in [1.54, 1.807) is 0 Å². The standard InChI is InChI=1S/C8H13N2O7P/c1-5-3-10(7(12)9-6(5)11)8(16-2)17-4-18(13,14)15/h3,8H,4H2,1-2H3,(H,9,11,12)(H2,13,14,15). The number of aryl methyl sites for hydroxylation is 1. The van der Waals surface area contributed by atoms with Crippen molar-refractivity contribution in [3.8, 4) is 0 Å². The third kappa shape index (κ3) is 3.90. The fraction of sp³-hybridized carbons (Fsp3) is 0.500. The molecule has 18 heavy (non-hydrogen) atoms. The van der Waals surface area contributed by atoms with Crippen molar-refractivity contribution in [2.24, 2.45) is 0 Å². The minimum Gasteiger partial charge on any atom is -0.338 e. The zero-order chi connectivity index (χ0) is 13.9. The van der Waals surface area contributed by atoms with E-state index in [1.807, 2.05) is 4.98 Å². The molecule has 0 aliphatic rings. The molecule has 102 valence electrons. The predicted molar refractivity (Wildman–Crippen MR) is 60.1 cm³/mol. The molecule has 1 aromatic heterocycles. The summed E-state index contributed by atoms with van der Waals surface area (Å²) in [5.74, 6) is 0. The average molecular weight is 280 g/mol. The molecule has 0 amide bonds. The Labute approximate surface area is 101 Å². The molecule has 0 saturated heterocycles. The summed E-state index contributed by atoms with van der Waals surface area (Å²) in [7, 11) is -3.19. The zero-order valence-corrected chi connectivity index (χ0v) is 10.6. The first-order chi connectivity index (χ1) is 8.24. The maximum absolute atomic E-state index is 11.5. The Hall–Kier alpha value is -1.25. The monoisotopic (exact) mass is 280 g/mol. The number of rotatable bonds is 5. The summed E-state index contributed by atoms with van der Waals surface area (Å²) in [5.41, 5.74) is -1.12. The van der Waals surface area contributed by atoms with Gasteiger partial charge >= 0.3 is 13.3 Å². The van der Waals surface area contributed by atoms with Crippen molar-refractivity contribution in [3.63, 3.8) is 0 Å². The minimum absolute atomic E-state index is 0.233. The van der Waals surface area contributed by atoms with E-state index >= 15 is 0 Å². The van der Waals surface area contributed by atoms with E-state index in [1.165, 1.54) is 20.2 Å². The molecule has 0 radical (unpaired) electrons. The van der Waals surface area contributed by atoms with Crippen LogP contribution in [0.3, 0.4) is 0 Å². The lowest BCUT2D eigenvalue weighted by atomic mass is 10.4. The van der Waals surface area contributed by atoms with Crippen LogP contribution < -0.4 is 11.2 Å². The number of aromatic amines is 1. The fourth-order valence-electron chi connectivity index (χ4n) is 1.17. The summed E-state index contributed by atoms with van der Waals surface area (Å²) in [6, 6.07) is 0. The van der Waals surface area contributed by atoms with Crippen molar-refractivity contribution in [2.75, 3.05) is 13.5 Å². The van der Waals surface area contributed by atoms with E-state index in [4.69, 9.17) is 19.3 Å². The summed E-state index contributed by atoms with van der Waals surface area (Å²) in [6.45, 7) is 1.46. The highest BCUT2D eigenvalue weighted by Crippen LogP contribution is 2.35. The predicted octanol–water partition coefficient (Wildman–Crippen LogP) is -0.901. The van der Waals surface area contributed by atoms with E-state index in [-0.39, 0.29) is 5.56 Å². The lowest BCUT2D eigenvalue weighted by Gasteiger charge is -2.18. The van der Waals surface area contributed by atoms with Gasteiger partial charge in [0.1, 0.15) is 0 Å². The molecule has 3 N–H and O–H groups in total. The average Bonchev–Trinajstić information content (AvgIpc) is 2.24. The molecule has 1 atom stereocenters. The van der Waals surface area contributed by atoms with Crippen LogP contribution in [-0.2, 0) is 14.0 Å². The lowest BCUT2D eigenvalue weighted by molar-refractivity contribution is -0.167. The highest BCUT2D eigenvalue weighted by molar-refractivity contribution is 7.51. The zero-order valence-electron chi connectivity index (χ0n) is 9.69. The van der Waals surface area contributed by atoms with E-state index < -0.39 is 31.6 Å².